The molecule has 6 nitrogen and oxygen atoms in total. The molecule has 2 aromatic rings. The third-order valence-corrected chi connectivity index (χ3v) is 5.39. The third kappa shape index (κ3) is 7.02. The lowest BCUT2D eigenvalue weighted by molar-refractivity contribution is 0.588. The van der Waals surface area contributed by atoms with Crippen LogP contribution in [-0.2, 0) is 23.1 Å². The first-order chi connectivity index (χ1) is 12.9. The van der Waals surface area contributed by atoms with E-state index in [0.29, 0.717) is 31.2 Å². The molecule has 0 fully saturated rings. The summed E-state index contributed by atoms with van der Waals surface area (Å²) in [5.74, 6) is 0.364. The highest BCUT2D eigenvalue weighted by atomic mass is 127. The van der Waals surface area contributed by atoms with Gasteiger partial charge in [-0.3, -0.25) is 0 Å². The van der Waals surface area contributed by atoms with Crippen molar-refractivity contribution in [1.29, 1.82) is 0 Å². The van der Waals surface area contributed by atoms with E-state index in [-0.39, 0.29) is 34.7 Å². The Morgan fingerprint density at radius 1 is 1.07 bits per heavy atom. The molecule has 0 radical (unpaired) electrons. The lowest BCUT2D eigenvalue weighted by Crippen LogP contribution is -2.36. The van der Waals surface area contributed by atoms with Crippen LogP contribution in [0.1, 0.15) is 23.6 Å². The highest BCUT2D eigenvalue weighted by molar-refractivity contribution is 14.0. The van der Waals surface area contributed by atoms with Crippen molar-refractivity contribution < 1.29 is 12.8 Å². The summed E-state index contributed by atoms with van der Waals surface area (Å²) < 4.78 is 39.4. The Morgan fingerprint density at radius 3 is 2.29 bits per heavy atom. The summed E-state index contributed by atoms with van der Waals surface area (Å²) in [7, 11) is -2.06. The highest BCUT2D eigenvalue weighted by Crippen LogP contribution is 2.11. The maximum Gasteiger partial charge on any atom is 0.240 e. The van der Waals surface area contributed by atoms with Crippen LogP contribution in [0.25, 0.3) is 0 Å². The molecular weight excluding hydrogens is 494 g/mol. The Balaban J connectivity index is 0.00000392. The molecule has 0 bridgehead atoms. The van der Waals surface area contributed by atoms with Gasteiger partial charge in [-0.05, 0) is 55.8 Å². The molecule has 0 aromatic heterocycles. The van der Waals surface area contributed by atoms with Crippen molar-refractivity contribution >= 4 is 40.0 Å². The fourth-order valence-corrected chi connectivity index (χ4v) is 3.07. The van der Waals surface area contributed by atoms with Crippen molar-refractivity contribution in [2.45, 2.75) is 31.8 Å². The maximum atomic E-state index is 13.6. The summed E-state index contributed by atoms with van der Waals surface area (Å²) in [5, 5.41) is 6.32. The van der Waals surface area contributed by atoms with Crippen LogP contribution in [0, 0.1) is 12.7 Å². The number of halogens is 2. The smallest absolute Gasteiger partial charge is 0.240 e. The van der Waals surface area contributed by atoms with Crippen LogP contribution in [0.5, 0.6) is 0 Å². The summed E-state index contributed by atoms with van der Waals surface area (Å²) in [4.78, 5) is 4.68. The molecule has 3 N–H and O–H groups in total. The normalized spacial score (nSPS) is 11.6. The molecule has 0 atom stereocenters. The first kappa shape index (κ1) is 24.3. The predicted molar refractivity (Wildman–Crippen MR) is 121 cm³/mol. The van der Waals surface area contributed by atoms with Gasteiger partial charge in [0, 0.05) is 13.1 Å². The van der Waals surface area contributed by atoms with Crippen LogP contribution in [0.3, 0.4) is 0 Å². The number of aliphatic imine (C=N–C) groups is 1. The van der Waals surface area contributed by atoms with E-state index in [0.717, 1.165) is 11.1 Å². The Morgan fingerprint density at radius 2 is 1.71 bits per heavy atom. The second-order valence-corrected chi connectivity index (χ2v) is 7.87. The van der Waals surface area contributed by atoms with Gasteiger partial charge < -0.3 is 10.6 Å². The Labute approximate surface area is 183 Å². The van der Waals surface area contributed by atoms with Crippen LogP contribution in [0.4, 0.5) is 4.39 Å². The van der Waals surface area contributed by atoms with Crippen LogP contribution in [0.15, 0.2) is 52.4 Å². The quantitative estimate of drug-likeness (QED) is 0.298. The number of nitrogens with zero attached hydrogens (tertiary/aromatic N) is 1. The van der Waals surface area contributed by atoms with E-state index in [9.17, 15) is 12.8 Å². The lowest BCUT2D eigenvalue weighted by Gasteiger charge is -2.12. The number of benzene rings is 2. The number of hydrogen-bond acceptors (Lipinski definition) is 3. The van der Waals surface area contributed by atoms with Crippen molar-refractivity contribution in [1.82, 2.24) is 15.4 Å². The fourth-order valence-electron chi connectivity index (χ4n) is 2.34. The number of hydrogen-bond donors (Lipinski definition) is 3. The molecule has 0 unspecified atom stereocenters. The number of aryl methyl sites for hydroxylation is 1. The lowest BCUT2D eigenvalue weighted by atomic mass is 10.1. The number of nitrogens with one attached hydrogen (secondary N) is 3. The van der Waals surface area contributed by atoms with Crippen molar-refractivity contribution in [3.63, 3.8) is 0 Å². The molecule has 2 rings (SSSR count). The van der Waals surface area contributed by atoms with Gasteiger partial charge in [0.05, 0.1) is 11.4 Å². The molecule has 28 heavy (non-hydrogen) atoms. The van der Waals surface area contributed by atoms with Gasteiger partial charge in [0.1, 0.15) is 5.82 Å². The summed E-state index contributed by atoms with van der Waals surface area (Å²) in [5.41, 5.74) is 2.31. The van der Waals surface area contributed by atoms with Gasteiger partial charge in [0.15, 0.2) is 5.96 Å². The molecule has 0 aliphatic rings. The van der Waals surface area contributed by atoms with Gasteiger partial charge in [-0.25, -0.2) is 22.5 Å². The van der Waals surface area contributed by atoms with E-state index >= 15 is 0 Å². The second-order valence-electron chi connectivity index (χ2n) is 5.98. The molecule has 0 saturated heterocycles. The molecular formula is C19H26FIN4O2S. The van der Waals surface area contributed by atoms with Gasteiger partial charge in [-0.15, -0.1) is 24.0 Å². The van der Waals surface area contributed by atoms with E-state index < -0.39 is 10.0 Å². The number of guanidine groups is 1. The zero-order valence-electron chi connectivity index (χ0n) is 16.1. The minimum Gasteiger partial charge on any atom is -0.357 e. The van der Waals surface area contributed by atoms with Crippen molar-refractivity contribution in [3.8, 4) is 0 Å². The number of rotatable bonds is 7. The summed E-state index contributed by atoms with van der Waals surface area (Å²) in [6.07, 6.45) is 0. The molecule has 0 heterocycles. The van der Waals surface area contributed by atoms with Crippen molar-refractivity contribution in [2.75, 3.05) is 13.6 Å². The monoisotopic (exact) mass is 520 g/mol. The third-order valence-electron chi connectivity index (χ3n) is 3.96. The first-order valence-electron chi connectivity index (χ1n) is 8.65. The largest absolute Gasteiger partial charge is 0.357 e. The predicted octanol–water partition coefficient (Wildman–Crippen LogP) is 2.92. The van der Waals surface area contributed by atoms with E-state index in [2.05, 4.69) is 20.3 Å². The van der Waals surface area contributed by atoms with Crippen LogP contribution in [0.2, 0.25) is 0 Å². The minimum absolute atomic E-state index is 0. The molecule has 9 heteroatoms. The van der Waals surface area contributed by atoms with E-state index in [1.165, 1.54) is 13.1 Å². The molecule has 0 spiro atoms. The van der Waals surface area contributed by atoms with E-state index in [4.69, 9.17) is 0 Å². The van der Waals surface area contributed by atoms with Gasteiger partial charge >= 0.3 is 0 Å². The number of sulfonamides is 1. The van der Waals surface area contributed by atoms with Crippen LogP contribution in [-0.4, -0.2) is 28.0 Å². The van der Waals surface area contributed by atoms with Gasteiger partial charge in [-0.1, -0.05) is 24.3 Å². The summed E-state index contributed by atoms with van der Waals surface area (Å²) in [6.45, 7) is 5.20. The average molecular weight is 520 g/mol. The Bertz CT molecular complexity index is 903. The van der Waals surface area contributed by atoms with E-state index in [1.807, 2.05) is 13.0 Å². The van der Waals surface area contributed by atoms with Crippen LogP contribution >= 0.6 is 24.0 Å². The summed E-state index contributed by atoms with van der Waals surface area (Å²) in [6, 6.07) is 11.7. The summed E-state index contributed by atoms with van der Waals surface area (Å²) >= 11 is 0. The van der Waals surface area contributed by atoms with Crippen LogP contribution < -0.4 is 15.4 Å². The molecule has 2 aromatic carbocycles. The maximum absolute atomic E-state index is 13.6. The van der Waals surface area contributed by atoms with E-state index in [1.54, 1.807) is 37.3 Å². The SMILES string of the molecule is CCNC(=NCc1ccc(C)c(F)c1)NCc1ccc(S(=O)(=O)NC)cc1.I. The minimum atomic E-state index is -3.44. The van der Waals surface area contributed by atoms with Crippen molar-refractivity contribution in [2.24, 2.45) is 4.99 Å². The van der Waals surface area contributed by atoms with Crippen molar-refractivity contribution in [3.05, 3.63) is 65.0 Å². The Kier molecular flexibility index (Phi) is 9.83. The zero-order valence-corrected chi connectivity index (χ0v) is 19.3. The Hall–Kier alpha value is -1.72. The van der Waals surface area contributed by atoms with Gasteiger partial charge in [0.2, 0.25) is 10.0 Å². The standard InChI is InChI=1S/C19H25FN4O2S.HI/c1-4-22-19(24-13-16-6-5-14(2)18(20)11-16)23-12-15-7-9-17(10-8-15)27(25,26)21-3;/h5-11,21H,4,12-13H2,1-3H3,(H2,22,23,24);1H. The van der Waals surface area contributed by atoms with Gasteiger partial charge in [-0.2, -0.15) is 0 Å². The van der Waals surface area contributed by atoms with Gasteiger partial charge in [0.25, 0.3) is 0 Å². The molecule has 0 aliphatic carbocycles. The molecule has 154 valence electrons. The molecule has 0 aliphatic heterocycles. The topological polar surface area (TPSA) is 82.6 Å². The fraction of sp³-hybridized carbons (Fsp3) is 0.316. The average Bonchev–Trinajstić information content (AvgIpc) is 2.67. The second kappa shape index (κ2) is 11.3. The highest BCUT2D eigenvalue weighted by Gasteiger charge is 2.10. The molecule has 0 saturated carbocycles. The molecule has 0 amide bonds. The zero-order chi connectivity index (χ0) is 19.9. The first-order valence-corrected chi connectivity index (χ1v) is 10.1.